The first-order valence-electron chi connectivity index (χ1n) is 5.66. The van der Waals surface area contributed by atoms with Crippen LogP contribution in [-0.2, 0) is 10.0 Å². The van der Waals surface area contributed by atoms with Gasteiger partial charge in [0.2, 0.25) is 0 Å². The van der Waals surface area contributed by atoms with Crippen LogP contribution >= 0.6 is 0 Å². The summed E-state index contributed by atoms with van der Waals surface area (Å²) in [7, 11) is -3.49. The molecule has 2 heterocycles. The molecule has 0 aliphatic rings. The molecule has 0 saturated carbocycles. The number of hydrogen-bond donors (Lipinski definition) is 0. The Balaban J connectivity index is 2.00. The lowest BCUT2D eigenvalue weighted by Gasteiger charge is -2.07. The van der Waals surface area contributed by atoms with Crippen LogP contribution in [0.1, 0.15) is 0 Å². The lowest BCUT2D eigenvalue weighted by molar-refractivity contribution is 0.587. The second-order valence-corrected chi connectivity index (χ2v) is 5.81. The number of rotatable bonds is 3. The normalized spacial score (nSPS) is 11.6. The van der Waals surface area contributed by atoms with Crippen LogP contribution < -0.4 is 0 Å². The summed E-state index contributed by atoms with van der Waals surface area (Å²) in [5.41, 5.74) is 0.816. The predicted molar refractivity (Wildman–Crippen MR) is 70.6 cm³/mol. The van der Waals surface area contributed by atoms with Gasteiger partial charge in [-0.05, 0) is 42.5 Å². The van der Waals surface area contributed by atoms with Gasteiger partial charge in [0.15, 0.2) is 0 Å². The van der Waals surface area contributed by atoms with Gasteiger partial charge < -0.3 is 0 Å². The zero-order chi connectivity index (χ0) is 13.3. The summed E-state index contributed by atoms with van der Waals surface area (Å²) in [6.07, 6.45) is 6.49. The van der Waals surface area contributed by atoms with E-state index in [-0.39, 0.29) is 4.90 Å². The molecule has 0 atom stereocenters. The number of aromatic nitrogens is 3. The molecule has 3 rings (SSSR count). The van der Waals surface area contributed by atoms with E-state index in [2.05, 4.69) is 5.10 Å². The minimum absolute atomic E-state index is 0.250. The Labute approximate surface area is 110 Å². The molecule has 0 aliphatic carbocycles. The third-order valence-corrected chi connectivity index (χ3v) is 4.42. The van der Waals surface area contributed by atoms with Crippen molar-refractivity contribution in [1.82, 2.24) is 13.8 Å². The summed E-state index contributed by atoms with van der Waals surface area (Å²) in [4.78, 5) is 0.250. The van der Waals surface area contributed by atoms with Crippen molar-refractivity contribution < 1.29 is 8.42 Å². The first-order chi connectivity index (χ1) is 9.18. The van der Waals surface area contributed by atoms with Crippen molar-refractivity contribution in [3.63, 3.8) is 0 Å². The SMILES string of the molecule is O=S(=O)(c1ccc(-n2cccn2)cc1)n1cccc1. The third-order valence-electron chi connectivity index (χ3n) is 2.76. The van der Waals surface area contributed by atoms with Crippen molar-refractivity contribution in [3.8, 4) is 5.69 Å². The maximum absolute atomic E-state index is 12.2. The highest BCUT2D eigenvalue weighted by Crippen LogP contribution is 2.16. The van der Waals surface area contributed by atoms with Gasteiger partial charge in [-0.1, -0.05) is 0 Å². The molecule has 5 nitrogen and oxygen atoms in total. The van der Waals surface area contributed by atoms with Gasteiger partial charge in [-0.25, -0.2) is 17.1 Å². The van der Waals surface area contributed by atoms with E-state index < -0.39 is 10.0 Å². The number of benzene rings is 1. The third kappa shape index (κ3) is 2.06. The highest BCUT2D eigenvalue weighted by Gasteiger charge is 2.15. The van der Waals surface area contributed by atoms with Crippen LogP contribution in [0.3, 0.4) is 0 Å². The molecule has 0 saturated heterocycles. The molecule has 1 aromatic carbocycles. The fourth-order valence-corrected chi connectivity index (χ4v) is 2.98. The monoisotopic (exact) mass is 273 g/mol. The van der Waals surface area contributed by atoms with Gasteiger partial charge in [0, 0.05) is 24.8 Å². The van der Waals surface area contributed by atoms with Gasteiger partial charge >= 0.3 is 0 Å². The van der Waals surface area contributed by atoms with Crippen molar-refractivity contribution in [2.45, 2.75) is 4.90 Å². The molecule has 0 unspecified atom stereocenters. The first kappa shape index (κ1) is 11.7. The smallest absolute Gasteiger partial charge is 0.249 e. The lowest BCUT2D eigenvalue weighted by atomic mass is 10.3. The molecule has 0 aliphatic heterocycles. The predicted octanol–water partition coefficient (Wildman–Crippen LogP) is 1.91. The average Bonchev–Trinajstić information content (AvgIpc) is 3.12. The summed E-state index contributed by atoms with van der Waals surface area (Å²) in [5.74, 6) is 0. The van der Waals surface area contributed by atoms with Crippen LogP contribution in [-0.4, -0.2) is 22.2 Å². The molecule has 0 radical (unpaired) electrons. The van der Waals surface area contributed by atoms with Crippen LogP contribution in [0.25, 0.3) is 5.69 Å². The summed E-state index contributed by atoms with van der Waals surface area (Å²) < 4.78 is 27.3. The minimum Gasteiger partial charge on any atom is -0.249 e. The maximum Gasteiger partial charge on any atom is 0.267 e. The highest BCUT2D eigenvalue weighted by atomic mass is 32.2. The van der Waals surface area contributed by atoms with Crippen molar-refractivity contribution >= 4 is 10.0 Å². The zero-order valence-corrected chi connectivity index (χ0v) is 10.7. The number of hydrogen-bond acceptors (Lipinski definition) is 3. The second-order valence-electron chi connectivity index (χ2n) is 3.96. The Bertz CT molecular complexity index is 758. The first-order valence-corrected chi connectivity index (χ1v) is 7.10. The van der Waals surface area contributed by atoms with Crippen LogP contribution in [0.2, 0.25) is 0 Å². The van der Waals surface area contributed by atoms with Crippen LogP contribution in [0.5, 0.6) is 0 Å². The van der Waals surface area contributed by atoms with Gasteiger partial charge in [0.1, 0.15) is 0 Å². The van der Waals surface area contributed by atoms with E-state index in [0.29, 0.717) is 0 Å². The van der Waals surface area contributed by atoms with Crippen molar-refractivity contribution in [1.29, 1.82) is 0 Å². The van der Waals surface area contributed by atoms with Gasteiger partial charge in [-0.2, -0.15) is 5.10 Å². The highest BCUT2D eigenvalue weighted by molar-refractivity contribution is 7.90. The quantitative estimate of drug-likeness (QED) is 0.732. The number of nitrogens with zero attached hydrogens (tertiary/aromatic N) is 3. The van der Waals surface area contributed by atoms with Crippen molar-refractivity contribution in [3.05, 3.63) is 67.3 Å². The molecular weight excluding hydrogens is 262 g/mol. The van der Waals surface area contributed by atoms with Crippen LogP contribution in [0, 0.1) is 0 Å². The fourth-order valence-electron chi connectivity index (χ4n) is 1.79. The molecule has 19 heavy (non-hydrogen) atoms. The average molecular weight is 273 g/mol. The Kier molecular flexibility index (Phi) is 2.72. The van der Waals surface area contributed by atoms with E-state index in [9.17, 15) is 8.42 Å². The van der Waals surface area contributed by atoms with E-state index in [1.54, 1.807) is 53.5 Å². The Hall–Kier alpha value is -2.34. The standard InChI is InChI=1S/C13H11N3O2S/c17-19(18,15-9-1-2-10-15)13-6-4-12(5-7-13)16-11-3-8-14-16/h1-11H. The van der Waals surface area contributed by atoms with Gasteiger partial charge in [-0.15, -0.1) is 0 Å². The van der Waals surface area contributed by atoms with E-state index in [0.717, 1.165) is 5.69 Å². The van der Waals surface area contributed by atoms with Crippen molar-refractivity contribution in [2.75, 3.05) is 0 Å². The van der Waals surface area contributed by atoms with Crippen LogP contribution in [0.4, 0.5) is 0 Å². The second kappa shape index (κ2) is 4.40. The summed E-state index contributed by atoms with van der Waals surface area (Å²) >= 11 is 0. The van der Waals surface area contributed by atoms with E-state index in [1.807, 2.05) is 6.07 Å². The molecule has 2 aromatic heterocycles. The Morgan fingerprint density at radius 3 is 2.16 bits per heavy atom. The molecule has 3 aromatic rings. The zero-order valence-electron chi connectivity index (χ0n) is 9.92. The molecule has 0 amide bonds. The Morgan fingerprint density at radius 2 is 1.58 bits per heavy atom. The van der Waals surface area contributed by atoms with Gasteiger partial charge in [-0.3, -0.25) is 0 Å². The Morgan fingerprint density at radius 1 is 0.895 bits per heavy atom. The van der Waals surface area contributed by atoms with E-state index >= 15 is 0 Å². The van der Waals surface area contributed by atoms with Crippen LogP contribution in [0.15, 0.2) is 72.1 Å². The van der Waals surface area contributed by atoms with Crippen molar-refractivity contribution in [2.24, 2.45) is 0 Å². The summed E-state index contributed by atoms with van der Waals surface area (Å²) in [6, 6.07) is 11.8. The molecule has 96 valence electrons. The molecule has 6 heteroatoms. The minimum atomic E-state index is -3.49. The topological polar surface area (TPSA) is 56.9 Å². The largest absolute Gasteiger partial charge is 0.267 e. The van der Waals surface area contributed by atoms with Gasteiger partial charge in [0.25, 0.3) is 10.0 Å². The van der Waals surface area contributed by atoms with Gasteiger partial charge in [0.05, 0.1) is 10.6 Å². The molecule has 0 spiro atoms. The van der Waals surface area contributed by atoms with E-state index in [1.165, 1.54) is 16.4 Å². The molecule has 0 N–H and O–H groups in total. The summed E-state index contributed by atoms with van der Waals surface area (Å²) in [5, 5.41) is 4.09. The maximum atomic E-state index is 12.2. The molecule has 0 fully saturated rings. The van der Waals surface area contributed by atoms with E-state index in [4.69, 9.17) is 0 Å². The molecule has 0 bridgehead atoms. The summed E-state index contributed by atoms with van der Waals surface area (Å²) in [6.45, 7) is 0. The fraction of sp³-hybridized carbons (Fsp3) is 0. The molecular formula is C13H11N3O2S. The lowest BCUT2D eigenvalue weighted by Crippen LogP contribution is -2.10.